The molecule has 0 spiro atoms. The zero-order valence-electron chi connectivity index (χ0n) is 16.2. The summed E-state index contributed by atoms with van der Waals surface area (Å²) in [5.74, 6) is 0.343. The van der Waals surface area contributed by atoms with Crippen LogP contribution in [0, 0.1) is 5.82 Å². The molecule has 0 aliphatic heterocycles. The molecule has 2 aromatic carbocycles. The lowest BCUT2D eigenvalue weighted by Crippen LogP contribution is -2.38. The number of nitrogens with one attached hydrogen (secondary N) is 3. The molecular weight excluding hydrogens is 506 g/mol. The molecule has 0 amide bonds. The average molecular weight is 532 g/mol. The van der Waals surface area contributed by atoms with Crippen molar-refractivity contribution in [1.29, 1.82) is 0 Å². The highest BCUT2D eigenvalue weighted by Gasteiger charge is 2.22. The van der Waals surface area contributed by atoms with Crippen molar-refractivity contribution in [2.24, 2.45) is 4.99 Å². The van der Waals surface area contributed by atoms with Gasteiger partial charge in [-0.3, -0.25) is 0 Å². The van der Waals surface area contributed by atoms with Crippen molar-refractivity contribution in [3.63, 3.8) is 0 Å². The SMILES string of the molecule is CCNC(=NCc1cccc(S(=O)(=O)NCc2cccc(F)c2)c1)NC1CC1.I. The summed E-state index contributed by atoms with van der Waals surface area (Å²) in [6.07, 6.45) is 2.30. The van der Waals surface area contributed by atoms with Crippen molar-refractivity contribution < 1.29 is 12.8 Å². The zero-order chi connectivity index (χ0) is 20.0. The Kier molecular flexibility index (Phi) is 8.84. The molecule has 0 unspecified atom stereocenters. The number of aliphatic imine (C=N–C) groups is 1. The Morgan fingerprint density at radius 1 is 1.14 bits per heavy atom. The van der Waals surface area contributed by atoms with Gasteiger partial charge in [0.2, 0.25) is 10.0 Å². The van der Waals surface area contributed by atoms with Crippen molar-refractivity contribution in [1.82, 2.24) is 15.4 Å². The van der Waals surface area contributed by atoms with Gasteiger partial charge in [0.15, 0.2) is 5.96 Å². The fourth-order valence-corrected chi connectivity index (χ4v) is 3.72. The number of hydrogen-bond donors (Lipinski definition) is 3. The number of guanidine groups is 1. The van der Waals surface area contributed by atoms with Crippen molar-refractivity contribution >= 4 is 40.0 Å². The summed E-state index contributed by atoms with van der Waals surface area (Å²) in [5, 5.41) is 6.52. The van der Waals surface area contributed by atoms with Crippen LogP contribution in [0.5, 0.6) is 0 Å². The third-order valence-electron chi connectivity index (χ3n) is 4.25. The molecule has 0 heterocycles. The summed E-state index contributed by atoms with van der Waals surface area (Å²) in [6.45, 7) is 3.16. The van der Waals surface area contributed by atoms with Crippen molar-refractivity contribution in [2.45, 2.75) is 43.8 Å². The second kappa shape index (κ2) is 10.9. The smallest absolute Gasteiger partial charge is 0.240 e. The Morgan fingerprint density at radius 3 is 2.55 bits per heavy atom. The van der Waals surface area contributed by atoms with Crippen LogP contribution >= 0.6 is 24.0 Å². The molecule has 3 N–H and O–H groups in total. The molecule has 29 heavy (non-hydrogen) atoms. The first-order chi connectivity index (χ1) is 13.5. The third-order valence-corrected chi connectivity index (χ3v) is 5.65. The van der Waals surface area contributed by atoms with Crippen LogP contribution in [0.4, 0.5) is 4.39 Å². The number of benzene rings is 2. The molecule has 158 valence electrons. The number of nitrogens with zero attached hydrogens (tertiary/aromatic N) is 1. The summed E-state index contributed by atoms with van der Waals surface area (Å²) in [4.78, 5) is 4.69. The van der Waals surface area contributed by atoms with E-state index in [0.29, 0.717) is 18.2 Å². The first kappa shape index (κ1) is 23.6. The zero-order valence-corrected chi connectivity index (χ0v) is 19.3. The summed E-state index contributed by atoms with van der Waals surface area (Å²) in [5.41, 5.74) is 1.35. The van der Waals surface area contributed by atoms with Crippen molar-refractivity contribution in [3.8, 4) is 0 Å². The molecule has 9 heteroatoms. The number of sulfonamides is 1. The molecular formula is C20H26FIN4O2S. The van der Waals surface area contributed by atoms with Gasteiger partial charge in [-0.1, -0.05) is 24.3 Å². The second-order valence-electron chi connectivity index (χ2n) is 6.72. The van der Waals surface area contributed by atoms with Gasteiger partial charge < -0.3 is 10.6 Å². The number of rotatable bonds is 8. The quantitative estimate of drug-likeness (QED) is 0.277. The van der Waals surface area contributed by atoms with Crippen molar-refractivity contribution in [2.75, 3.05) is 6.54 Å². The normalized spacial score (nSPS) is 14.2. The minimum atomic E-state index is -3.70. The summed E-state index contributed by atoms with van der Waals surface area (Å²) >= 11 is 0. The van der Waals surface area contributed by atoms with E-state index in [1.165, 1.54) is 18.2 Å². The van der Waals surface area contributed by atoms with Crippen LogP contribution in [0.3, 0.4) is 0 Å². The predicted octanol–water partition coefficient (Wildman–Crippen LogP) is 3.14. The highest BCUT2D eigenvalue weighted by atomic mass is 127. The van der Waals surface area contributed by atoms with E-state index in [1.807, 2.05) is 13.0 Å². The fraction of sp³-hybridized carbons (Fsp3) is 0.350. The van der Waals surface area contributed by atoms with Crippen LogP contribution < -0.4 is 15.4 Å². The van der Waals surface area contributed by atoms with Crippen LogP contribution in [0.1, 0.15) is 30.9 Å². The lowest BCUT2D eigenvalue weighted by molar-refractivity contribution is 0.580. The Balaban J connectivity index is 0.00000300. The van der Waals surface area contributed by atoms with Gasteiger partial charge >= 0.3 is 0 Å². The van der Waals surface area contributed by atoms with E-state index in [1.54, 1.807) is 24.3 Å². The minimum absolute atomic E-state index is 0. The highest BCUT2D eigenvalue weighted by molar-refractivity contribution is 14.0. The molecule has 0 radical (unpaired) electrons. The topological polar surface area (TPSA) is 82.6 Å². The lowest BCUT2D eigenvalue weighted by atomic mass is 10.2. The van der Waals surface area contributed by atoms with Gasteiger partial charge in [-0.05, 0) is 55.2 Å². The molecule has 0 aromatic heterocycles. The van der Waals surface area contributed by atoms with Gasteiger partial charge in [-0.25, -0.2) is 22.5 Å². The van der Waals surface area contributed by atoms with Gasteiger partial charge in [0.25, 0.3) is 0 Å². The summed E-state index contributed by atoms with van der Waals surface area (Å²) in [6, 6.07) is 13.0. The maximum absolute atomic E-state index is 13.3. The van der Waals surface area contributed by atoms with Crippen LogP contribution in [0.15, 0.2) is 58.4 Å². The fourth-order valence-electron chi connectivity index (χ4n) is 2.63. The molecule has 3 rings (SSSR count). The van der Waals surface area contributed by atoms with E-state index in [4.69, 9.17) is 0 Å². The highest BCUT2D eigenvalue weighted by Crippen LogP contribution is 2.18. The Morgan fingerprint density at radius 2 is 1.86 bits per heavy atom. The Labute approximate surface area is 188 Å². The van der Waals surface area contributed by atoms with E-state index in [-0.39, 0.29) is 35.4 Å². The number of halogens is 2. The maximum atomic E-state index is 13.3. The van der Waals surface area contributed by atoms with E-state index < -0.39 is 15.8 Å². The first-order valence-corrected chi connectivity index (χ1v) is 10.8. The van der Waals surface area contributed by atoms with E-state index >= 15 is 0 Å². The molecule has 1 aliphatic rings. The maximum Gasteiger partial charge on any atom is 0.240 e. The van der Waals surface area contributed by atoms with Crippen molar-refractivity contribution in [3.05, 3.63) is 65.5 Å². The van der Waals surface area contributed by atoms with Gasteiger partial charge in [0, 0.05) is 19.1 Å². The molecule has 1 aliphatic carbocycles. The largest absolute Gasteiger partial charge is 0.357 e. The number of hydrogen-bond acceptors (Lipinski definition) is 3. The third kappa shape index (κ3) is 7.56. The van der Waals surface area contributed by atoms with E-state index in [0.717, 1.165) is 30.9 Å². The van der Waals surface area contributed by atoms with Gasteiger partial charge in [0.1, 0.15) is 5.82 Å². The van der Waals surface area contributed by atoms with Crippen LogP contribution in [0.2, 0.25) is 0 Å². The van der Waals surface area contributed by atoms with Crippen LogP contribution in [0.25, 0.3) is 0 Å². The predicted molar refractivity (Wildman–Crippen MR) is 123 cm³/mol. The standard InChI is InChI=1S/C20H25FN4O2S.HI/c1-2-22-20(25-18-9-10-18)23-13-16-6-4-8-19(12-16)28(26,27)24-14-15-5-3-7-17(21)11-15;/h3-8,11-12,18,24H,2,9-10,13-14H2,1H3,(H2,22,23,25);1H. The molecule has 0 bridgehead atoms. The van der Waals surface area contributed by atoms with Crippen LogP contribution in [-0.2, 0) is 23.1 Å². The minimum Gasteiger partial charge on any atom is -0.357 e. The molecule has 6 nitrogen and oxygen atoms in total. The Bertz CT molecular complexity index is 949. The monoisotopic (exact) mass is 532 g/mol. The Hall–Kier alpha value is -1.72. The van der Waals surface area contributed by atoms with Gasteiger partial charge in [-0.2, -0.15) is 0 Å². The van der Waals surface area contributed by atoms with Crippen LogP contribution in [-0.4, -0.2) is 27.0 Å². The molecule has 0 saturated heterocycles. The lowest BCUT2D eigenvalue weighted by Gasteiger charge is -2.11. The molecule has 1 fully saturated rings. The first-order valence-electron chi connectivity index (χ1n) is 9.34. The summed E-state index contributed by atoms with van der Waals surface area (Å²) in [7, 11) is -3.70. The second-order valence-corrected chi connectivity index (χ2v) is 8.48. The summed E-state index contributed by atoms with van der Waals surface area (Å²) < 4.78 is 40.9. The van der Waals surface area contributed by atoms with E-state index in [2.05, 4.69) is 20.3 Å². The average Bonchev–Trinajstić information content (AvgIpc) is 3.49. The van der Waals surface area contributed by atoms with Gasteiger partial charge in [-0.15, -0.1) is 24.0 Å². The van der Waals surface area contributed by atoms with E-state index in [9.17, 15) is 12.8 Å². The molecule has 0 atom stereocenters. The molecule has 1 saturated carbocycles. The van der Waals surface area contributed by atoms with Gasteiger partial charge in [0.05, 0.1) is 11.4 Å². The molecule has 2 aromatic rings.